The van der Waals surface area contributed by atoms with Gasteiger partial charge in [0.25, 0.3) is 5.91 Å². The van der Waals surface area contributed by atoms with Crippen LogP contribution < -0.4 is 15.6 Å². The number of hydrogen-bond donors (Lipinski definition) is 2. The summed E-state index contributed by atoms with van der Waals surface area (Å²) in [4.78, 5) is 34.2. The lowest BCUT2D eigenvalue weighted by molar-refractivity contribution is -0.385. The molecule has 0 unspecified atom stereocenters. The molecule has 1 amide bonds. The second-order valence-corrected chi connectivity index (χ2v) is 4.86. The van der Waals surface area contributed by atoms with Gasteiger partial charge in [0.1, 0.15) is 12.1 Å². The van der Waals surface area contributed by atoms with Crippen molar-refractivity contribution < 1.29 is 14.5 Å². The van der Waals surface area contributed by atoms with Gasteiger partial charge in [-0.15, -0.1) is 0 Å². The Labute approximate surface area is 147 Å². The van der Waals surface area contributed by atoms with E-state index in [2.05, 4.69) is 25.8 Å². The number of para-hydroxylation sites is 1. The van der Waals surface area contributed by atoms with Crippen molar-refractivity contribution in [1.82, 2.24) is 20.4 Å². The summed E-state index contributed by atoms with van der Waals surface area (Å²) in [6.45, 7) is 0. The number of hydrogen-bond acceptors (Lipinski definition) is 8. The lowest BCUT2D eigenvalue weighted by Crippen LogP contribution is -2.30. The molecule has 130 valence electrons. The van der Waals surface area contributed by atoms with E-state index in [-0.39, 0.29) is 11.7 Å². The Morgan fingerprint density at radius 1 is 1.08 bits per heavy atom. The number of nitrogens with one attached hydrogen (secondary N) is 2. The van der Waals surface area contributed by atoms with Gasteiger partial charge in [-0.3, -0.25) is 30.7 Å². The van der Waals surface area contributed by atoms with Gasteiger partial charge in [-0.2, -0.15) is 4.98 Å². The number of ether oxygens (including phenoxy) is 1. The standard InChI is InChI=1S/C16H12N6O4/c23-15(11-6-8-17-9-7-11)21-20-14-13(22(24)25)16(19-10-18-14)26-12-4-2-1-3-5-12/h1-10H,(H,21,23)(H,18,19,20). The van der Waals surface area contributed by atoms with Crippen molar-refractivity contribution in [2.45, 2.75) is 0 Å². The van der Waals surface area contributed by atoms with Crippen molar-refractivity contribution in [1.29, 1.82) is 0 Å². The third-order valence-corrected chi connectivity index (χ3v) is 3.17. The summed E-state index contributed by atoms with van der Waals surface area (Å²) in [5.74, 6) is -0.595. The molecule has 0 radical (unpaired) electrons. The van der Waals surface area contributed by atoms with Gasteiger partial charge in [-0.25, -0.2) is 4.98 Å². The Balaban J connectivity index is 1.82. The van der Waals surface area contributed by atoms with Gasteiger partial charge < -0.3 is 4.74 Å². The van der Waals surface area contributed by atoms with Crippen LogP contribution in [0.4, 0.5) is 11.5 Å². The Bertz CT molecular complexity index is 921. The summed E-state index contributed by atoms with van der Waals surface area (Å²) >= 11 is 0. The fraction of sp³-hybridized carbons (Fsp3) is 0. The minimum atomic E-state index is -0.695. The number of rotatable bonds is 6. The number of nitro groups is 1. The second-order valence-electron chi connectivity index (χ2n) is 4.86. The van der Waals surface area contributed by atoms with Crippen molar-refractivity contribution in [3.05, 3.63) is 76.9 Å². The first-order chi connectivity index (χ1) is 12.6. The number of nitrogens with zero attached hydrogens (tertiary/aromatic N) is 4. The molecule has 2 heterocycles. The fourth-order valence-electron chi connectivity index (χ4n) is 1.98. The maximum absolute atomic E-state index is 12.0. The number of anilines is 1. The number of hydrazine groups is 1. The van der Waals surface area contributed by atoms with Crippen LogP contribution in [-0.2, 0) is 0 Å². The first-order valence-corrected chi connectivity index (χ1v) is 7.34. The first-order valence-electron chi connectivity index (χ1n) is 7.34. The van der Waals surface area contributed by atoms with Crippen LogP contribution in [0.25, 0.3) is 0 Å². The van der Waals surface area contributed by atoms with E-state index in [1.165, 1.54) is 24.5 Å². The molecule has 0 aliphatic carbocycles. The first kappa shape index (κ1) is 16.8. The number of aromatic nitrogens is 3. The minimum Gasteiger partial charge on any atom is -0.434 e. The maximum Gasteiger partial charge on any atom is 0.374 e. The smallest absolute Gasteiger partial charge is 0.374 e. The monoisotopic (exact) mass is 352 g/mol. The summed E-state index contributed by atoms with van der Waals surface area (Å²) < 4.78 is 5.45. The van der Waals surface area contributed by atoms with Gasteiger partial charge in [0.05, 0.1) is 4.92 Å². The number of pyridine rings is 1. The summed E-state index contributed by atoms with van der Waals surface area (Å²) in [7, 11) is 0. The quantitative estimate of drug-likeness (QED) is 0.510. The molecule has 0 saturated carbocycles. The van der Waals surface area contributed by atoms with Crippen LogP contribution in [-0.4, -0.2) is 25.8 Å². The molecule has 0 saturated heterocycles. The molecule has 10 nitrogen and oxygen atoms in total. The van der Waals surface area contributed by atoms with Crippen molar-refractivity contribution in [2.75, 3.05) is 5.43 Å². The zero-order chi connectivity index (χ0) is 18.4. The zero-order valence-electron chi connectivity index (χ0n) is 13.2. The number of benzene rings is 1. The van der Waals surface area contributed by atoms with Crippen LogP contribution >= 0.6 is 0 Å². The van der Waals surface area contributed by atoms with E-state index in [1.807, 2.05) is 0 Å². The third-order valence-electron chi connectivity index (χ3n) is 3.17. The van der Waals surface area contributed by atoms with E-state index >= 15 is 0 Å². The molecular weight excluding hydrogens is 340 g/mol. The summed E-state index contributed by atoms with van der Waals surface area (Å²) in [6, 6.07) is 11.5. The summed E-state index contributed by atoms with van der Waals surface area (Å²) in [6.07, 6.45) is 3.99. The molecule has 0 atom stereocenters. The molecule has 2 aromatic heterocycles. The van der Waals surface area contributed by atoms with Crippen molar-refractivity contribution in [2.24, 2.45) is 0 Å². The van der Waals surface area contributed by atoms with Crippen LogP contribution in [0.3, 0.4) is 0 Å². The number of amides is 1. The lowest BCUT2D eigenvalue weighted by Gasteiger charge is -2.10. The van der Waals surface area contributed by atoms with Gasteiger partial charge in [0.15, 0.2) is 0 Å². The molecular formula is C16H12N6O4. The Kier molecular flexibility index (Phi) is 4.94. The van der Waals surface area contributed by atoms with Crippen LogP contribution in [0.15, 0.2) is 61.2 Å². The van der Waals surface area contributed by atoms with Gasteiger partial charge in [-0.1, -0.05) is 18.2 Å². The predicted molar refractivity (Wildman–Crippen MR) is 90.5 cm³/mol. The van der Waals surface area contributed by atoms with Gasteiger partial charge in [-0.05, 0) is 24.3 Å². The highest BCUT2D eigenvalue weighted by Crippen LogP contribution is 2.33. The summed E-state index contributed by atoms with van der Waals surface area (Å²) in [5, 5.41) is 11.4. The van der Waals surface area contributed by atoms with Crippen molar-refractivity contribution in [3.8, 4) is 11.6 Å². The maximum atomic E-state index is 12.0. The van der Waals surface area contributed by atoms with Crippen molar-refractivity contribution in [3.63, 3.8) is 0 Å². The molecule has 0 aliphatic rings. The van der Waals surface area contributed by atoms with E-state index < -0.39 is 16.5 Å². The Hall–Kier alpha value is -4.08. The van der Waals surface area contributed by atoms with E-state index in [0.29, 0.717) is 11.3 Å². The van der Waals surface area contributed by atoms with Crippen molar-refractivity contribution >= 4 is 17.4 Å². The normalized spacial score (nSPS) is 10.0. The largest absolute Gasteiger partial charge is 0.434 e. The molecule has 0 fully saturated rings. The number of carbonyl (C=O) groups excluding carboxylic acids is 1. The van der Waals surface area contributed by atoms with Crippen LogP contribution in [0.1, 0.15) is 10.4 Å². The van der Waals surface area contributed by atoms with E-state index in [4.69, 9.17) is 4.74 Å². The molecule has 3 rings (SSSR count). The molecule has 3 aromatic rings. The van der Waals surface area contributed by atoms with E-state index in [0.717, 1.165) is 6.33 Å². The van der Waals surface area contributed by atoms with E-state index in [1.54, 1.807) is 30.3 Å². The highest BCUT2D eigenvalue weighted by molar-refractivity contribution is 5.94. The average Bonchev–Trinajstić information content (AvgIpc) is 2.67. The SMILES string of the molecule is O=C(NNc1ncnc(Oc2ccccc2)c1[N+](=O)[O-])c1ccncc1. The van der Waals surface area contributed by atoms with Crippen LogP contribution in [0, 0.1) is 10.1 Å². The fourth-order valence-corrected chi connectivity index (χ4v) is 1.98. The molecule has 10 heteroatoms. The molecule has 0 bridgehead atoms. The molecule has 0 aliphatic heterocycles. The second kappa shape index (κ2) is 7.66. The summed E-state index contributed by atoms with van der Waals surface area (Å²) in [5.41, 5.74) is 4.58. The minimum absolute atomic E-state index is 0.210. The average molecular weight is 352 g/mol. The third kappa shape index (κ3) is 3.87. The van der Waals surface area contributed by atoms with Crippen LogP contribution in [0.2, 0.25) is 0 Å². The highest BCUT2D eigenvalue weighted by atomic mass is 16.6. The Morgan fingerprint density at radius 2 is 1.81 bits per heavy atom. The number of carbonyl (C=O) groups is 1. The van der Waals surface area contributed by atoms with E-state index in [9.17, 15) is 14.9 Å². The van der Waals surface area contributed by atoms with Gasteiger partial charge >= 0.3 is 11.6 Å². The predicted octanol–water partition coefficient (Wildman–Crippen LogP) is 2.33. The van der Waals surface area contributed by atoms with Crippen LogP contribution in [0.5, 0.6) is 11.6 Å². The van der Waals surface area contributed by atoms with Gasteiger partial charge in [0, 0.05) is 18.0 Å². The topological polar surface area (TPSA) is 132 Å². The highest BCUT2D eigenvalue weighted by Gasteiger charge is 2.25. The molecule has 2 N–H and O–H groups in total. The molecule has 0 spiro atoms. The molecule has 1 aromatic carbocycles. The lowest BCUT2D eigenvalue weighted by atomic mass is 10.3. The van der Waals surface area contributed by atoms with Gasteiger partial charge in [0.2, 0.25) is 5.82 Å². The zero-order valence-corrected chi connectivity index (χ0v) is 13.2. The Morgan fingerprint density at radius 3 is 2.50 bits per heavy atom. The molecule has 26 heavy (non-hydrogen) atoms.